The Labute approximate surface area is 113 Å². The lowest BCUT2D eigenvalue weighted by Crippen LogP contribution is -2.15. The minimum Gasteiger partial charge on any atom is -0.485 e. The molecule has 0 amide bonds. The molecule has 0 saturated heterocycles. The molecule has 0 fully saturated rings. The molecule has 0 bridgehead atoms. The third-order valence-corrected chi connectivity index (χ3v) is 2.75. The molecule has 2 aromatic rings. The number of ketones is 1. The van der Waals surface area contributed by atoms with Gasteiger partial charge in [0.1, 0.15) is 23.2 Å². The van der Waals surface area contributed by atoms with E-state index in [0.717, 1.165) is 24.3 Å². The fraction of sp³-hybridized carbons (Fsp3) is 0.133. The molecule has 0 unspecified atom stereocenters. The van der Waals surface area contributed by atoms with Crippen LogP contribution in [0.3, 0.4) is 0 Å². The Morgan fingerprint density at radius 2 is 1.70 bits per heavy atom. The average Bonchev–Trinajstić information content (AvgIpc) is 2.40. The van der Waals surface area contributed by atoms with Gasteiger partial charge in [-0.15, -0.1) is 0 Å². The number of aryl methyl sites for hydroxylation is 1. The van der Waals surface area contributed by atoms with Crippen molar-refractivity contribution in [3.05, 3.63) is 65.0 Å². The SMILES string of the molecule is Cc1ccc(OCC(=O)c2c(F)cccc2F)cc1F. The van der Waals surface area contributed by atoms with Gasteiger partial charge >= 0.3 is 0 Å². The van der Waals surface area contributed by atoms with E-state index in [9.17, 15) is 18.0 Å². The maximum Gasteiger partial charge on any atom is 0.206 e. The fourth-order valence-electron chi connectivity index (χ4n) is 1.65. The molecule has 5 heteroatoms. The van der Waals surface area contributed by atoms with Crippen LogP contribution in [0.15, 0.2) is 36.4 Å². The minimum atomic E-state index is -0.950. The first-order valence-corrected chi connectivity index (χ1v) is 5.85. The smallest absolute Gasteiger partial charge is 0.206 e. The van der Waals surface area contributed by atoms with Crippen molar-refractivity contribution >= 4 is 5.78 Å². The van der Waals surface area contributed by atoms with Crippen LogP contribution in [0.5, 0.6) is 5.75 Å². The van der Waals surface area contributed by atoms with Gasteiger partial charge in [-0.05, 0) is 30.7 Å². The van der Waals surface area contributed by atoms with Gasteiger partial charge < -0.3 is 4.74 Å². The number of hydrogen-bond acceptors (Lipinski definition) is 2. The van der Waals surface area contributed by atoms with E-state index in [1.165, 1.54) is 12.1 Å². The molecule has 104 valence electrons. The number of rotatable bonds is 4. The Hall–Kier alpha value is -2.30. The highest BCUT2D eigenvalue weighted by Gasteiger charge is 2.17. The molecule has 2 aromatic carbocycles. The van der Waals surface area contributed by atoms with Gasteiger partial charge in [0.05, 0.1) is 5.56 Å². The summed E-state index contributed by atoms with van der Waals surface area (Å²) < 4.78 is 45.0. The second-order valence-corrected chi connectivity index (χ2v) is 4.22. The summed E-state index contributed by atoms with van der Waals surface area (Å²) in [5.41, 5.74) is -0.219. The summed E-state index contributed by atoms with van der Waals surface area (Å²) in [6, 6.07) is 7.21. The zero-order valence-corrected chi connectivity index (χ0v) is 10.6. The Morgan fingerprint density at radius 1 is 1.05 bits per heavy atom. The molecular formula is C15H11F3O2. The average molecular weight is 280 g/mol. The van der Waals surface area contributed by atoms with E-state index >= 15 is 0 Å². The topological polar surface area (TPSA) is 26.3 Å². The van der Waals surface area contributed by atoms with Crippen LogP contribution >= 0.6 is 0 Å². The van der Waals surface area contributed by atoms with Crippen molar-refractivity contribution in [3.63, 3.8) is 0 Å². The Kier molecular flexibility index (Phi) is 4.08. The Bertz CT molecular complexity index is 633. The summed E-state index contributed by atoms with van der Waals surface area (Å²) in [5.74, 6) is -3.10. The van der Waals surface area contributed by atoms with E-state index in [2.05, 4.69) is 0 Å². The third-order valence-electron chi connectivity index (χ3n) is 2.75. The number of benzene rings is 2. The van der Waals surface area contributed by atoms with Crippen LogP contribution in [0.4, 0.5) is 13.2 Å². The summed E-state index contributed by atoms with van der Waals surface area (Å²) in [6.45, 7) is 1.01. The van der Waals surface area contributed by atoms with Gasteiger partial charge in [-0.3, -0.25) is 4.79 Å². The van der Waals surface area contributed by atoms with Crippen LogP contribution < -0.4 is 4.74 Å². The predicted octanol–water partition coefficient (Wildman–Crippen LogP) is 3.67. The van der Waals surface area contributed by atoms with Crippen molar-refractivity contribution < 1.29 is 22.7 Å². The van der Waals surface area contributed by atoms with Crippen LogP contribution in [0.2, 0.25) is 0 Å². The van der Waals surface area contributed by atoms with Gasteiger partial charge in [0.2, 0.25) is 5.78 Å². The normalized spacial score (nSPS) is 10.4. The van der Waals surface area contributed by atoms with Crippen molar-refractivity contribution in [1.29, 1.82) is 0 Å². The van der Waals surface area contributed by atoms with E-state index < -0.39 is 35.4 Å². The first kappa shape index (κ1) is 14.1. The first-order chi connectivity index (χ1) is 9.49. The maximum absolute atomic E-state index is 13.4. The second kappa shape index (κ2) is 5.77. The number of halogens is 3. The molecule has 0 radical (unpaired) electrons. The summed E-state index contributed by atoms with van der Waals surface area (Å²) in [6.07, 6.45) is 0. The number of carbonyl (C=O) groups excluding carboxylic acids is 1. The molecule has 0 spiro atoms. The lowest BCUT2D eigenvalue weighted by Gasteiger charge is -2.07. The van der Waals surface area contributed by atoms with Gasteiger partial charge in [0.25, 0.3) is 0 Å². The highest BCUT2D eigenvalue weighted by molar-refractivity contribution is 5.97. The van der Waals surface area contributed by atoms with Gasteiger partial charge in [0, 0.05) is 6.07 Å². The summed E-state index contributed by atoms with van der Waals surface area (Å²) in [7, 11) is 0. The summed E-state index contributed by atoms with van der Waals surface area (Å²) in [4.78, 5) is 11.7. The largest absolute Gasteiger partial charge is 0.485 e. The van der Waals surface area contributed by atoms with Crippen molar-refractivity contribution in [1.82, 2.24) is 0 Å². The van der Waals surface area contributed by atoms with Crippen LogP contribution in [-0.4, -0.2) is 12.4 Å². The van der Waals surface area contributed by atoms with E-state index in [1.807, 2.05) is 0 Å². The van der Waals surface area contributed by atoms with Crippen molar-refractivity contribution in [2.75, 3.05) is 6.61 Å². The van der Waals surface area contributed by atoms with Gasteiger partial charge in [-0.1, -0.05) is 12.1 Å². The summed E-state index contributed by atoms with van der Waals surface area (Å²) in [5, 5.41) is 0. The van der Waals surface area contributed by atoms with Gasteiger partial charge in [-0.2, -0.15) is 0 Å². The standard InChI is InChI=1S/C15H11F3O2/c1-9-5-6-10(7-13(9)18)20-8-14(19)15-11(16)3-2-4-12(15)17/h2-7H,8H2,1H3. The maximum atomic E-state index is 13.4. The zero-order valence-electron chi connectivity index (χ0n) is 10.6. The van der Waals surface area contributed by atoms with Crippen LogP contribution in [0, 0.1) is 24.4 Å². The fourth-order valence-corrected chi connectivity index (χ4v) is 1.65. The molecule has 0 N–H and O–H groups in total. The number of carbonyl (C=O) groups is 1. The molecule has 0 atom stereocenters. The molecule has 2 nitrogen and oxygen atoms in total. The van der Waals surface area contributed by atoms with Crippen LogP contribution in [0.25, 0.3) is 0 Å². The first-order valence-electron chi connectivity index (χ1n) is 5.85. The van der Waals surface area contributed by atoms with Crippen LogP contribution in [-0.2, 0) is 0 Å². The molecule has 0 aromatic heterocycles. The molecule has 0 saturated carbocycles. The Balaban J connectivity index is 2.11. The van der Waals surface area contributed by atoms with E-state index in [-0.39, 0.29) is 5.75 Å². The van der Waals surface area contributed by atoms with Crippen molar-refractivity contribution in [3.8, 4) is 5.75 Å². The lowest BCUT2D eigenvalue weighted by molar-refractivity contribution is 0.0912. The van der Waals surface area contributed by atoms with Gasteiger partial charge in [0.15, 0.2) is 6.61 Å². The lowest BCUT2D eigenvalue weighted by atomic mass is 10.1. The van der Waals surface area contributed by atoms with Crippen molar-refractivity contribution in [2.24, 2.45) is 0 Å². The molecule has 0 aliphatic rings. The zero-order chi connectivity index (χ0) is 14.7. The number of hydrogen-bond donors (Lipinski definition) is 0. The van der Waals surface area contributed by atoms with E-state index in [0.29, 0.717) is 5.56 Å². The highest BCUT2D eigenvalue weighted by Crippen LogP contribution is 2.17. The number of ether oxygens (including phenoxy) is 1. The van der Waals surface area contributed by atoms with Crippen LogP contribution in [0.1, 0.15) is 15.9 Å². The number of Topliss-reactive ketones (excluding diaryl/α,β-unsaturated/α-hetero) is 1. The molecular weight excluding hydrogens is 269 g/mol. The molecule has 0 heterocycles. The quantitative estimate of drug-likeness (QED) is 0.799. The highest BCUT2D eigenvalue weighted by atomic mass is 19.1. The minimum absolute atomic E-state index is 0.123. The third kappa shape index (κ3) is 2.99. The monoisotopic (exact) mass is 280 g/mol. The molecule has 2 rings (SSSR count). The Morgan fingerprint density at radius 3 is 2.30 bits per heavy atom. The predicted molar refractivity (Wildman–Crippen MR) is 67.3 cm³/mol. The van der Waals surface area contributed by atoms with Crippen molar-refractivity contribution in [2.45, 2.75) is 6.92 Å². The van der Waals surface area contributed by atoms with Gasteiger partial charge in [-0.25, -0.2) is 13.2 Å². The molecule has 0 aliphatic carbocycles. The summed E-state index contributed by atoms with van der Waals surface area (Å²) >= 11 is 0. The molecule has 0 aliphatic heterocycles. The molecule has 20 heavy (non-hydrogen) atoms. The second-order valence-electron chi connectivity index (χ2n) is 4.22. The van der Waals surface area contributed by atoms with E-state index in [4.69, 9.17) is 4.74 Å². The van der Waals surface area contributed by atoms with E-state index in [1.54, 1.807) is 6.92 Å².